The third-order valence-electron chi connectivity index (χ3n) is 3.60. The van der Waals surface area contributed by atoms with Crippen LogP contribution < -0.4 is 10.6 Å². The van der Waals surface area contributed by atoms with Gasteiger partial charge in [0.25, 0.3) is 0 Å². The maximum absolute atomic E-state index is 5.65. The Balaban J connectivity index is 0.00000338. The molecule has 0 unspecified atom stereocenters. The van der Waals surface area contributed by atoms with Crippen LogP contribution in [0.4, 0.5) is 0 Å². The van der Waals surface area contributed by atoms with E-state index in [0.29, 0.717) is 19.1 Å². The lowest BCUT2D eigenvalue weighted by Gasteiger charge is -2.13. The highest BCUT2D eigenvalue weighted by Gasteiger charge is 2.01. The topological polar surface area (TPSA) is 58.8 Å². The van der Waals surface area contributed by atoms with Gasteiger partial charge in [0.05, 0.1) is 19.4 Å². The Morgan fingerprint density at radius 3 is 2.73 bits per heavy atom. The Morgan fingerprint density at radius 2 is 2.04 bits per heavy atom. The highest BCUT2D eigenvalue weighted by molar-refractivity contribution is 14.0. The van der Waals surface area contributed by atoms with Crippen LogP contribution in [0.2, 0.25) is 0 Å². The van der Waals surface area contributed by atoms with Gasteiger partial charge in [0, 0.05) is 31.0 Å². The van der Waals surface area contributed by atoms with Gasteiger partial charge in [-0.15, -0.1) is 35.3 Å². The lowest BCUT2D eigenvalue weighted by molar-refractivity contribution is 0.128. The molecule has 0 fully saturated rings. The molecule has 0 saturated heterocycles. The van der Waals surface area contributed by atoms with Crippen LogP contribution in [0.25, 0.3) is 0 Å². The first kappa shape index (κ1) is 23.0. The normalized spacial score (nSPS) is 11.4. The number of nitrogens with zero attached hydrogens (tertiary/aromatic N) is 1. The third-order valence-corrected chi connectivity index (χ3v) is 4.46. The lowest BCUT2D eigenvalue weighted by atomic mass is 10.1. The fourth-order valence-electron chi connectivity index (χ4n) is 2.16. The van der Waals surface area contributed by atoms with Crippen molar-refractivity contribution in [2.24, 2.45) is 10.9 Å². The molecule has 0 aliphatic carbocycles. The first-order valence-electron chi connectivity index (χ1n) is 8.88. The van der Waals surface area contributed by atoms with E-state index in [1.54, 1.807) is 17.6 Å². The summed E-state index contributed by atoms with van der Waals surface area (Å²) in [5.41, 5.74) is 0. The van der Waals surface area contributed by atoms with Gasteiger partial charge in [0.15, 0.2) is 5.96 Å². The molecule has 0 aromatic carbocycles. The molecule has 2 aromatic heterocycles. The highest BCUT2D eigenvalue weighted by Crippen LogP contribution is 2.09. The fourth-order valence-corrected chi connectivity index (χ4v) is 2.78. The molecule has 0 spiro atoms. The number of nitrogens with one attached hydrogen (secondary N) is 2. The number of ether oxygens (including phenoxy) is 1. The van der Waals surface area contributed by atoms with E-state index in [4.69, 9.17) is 9.15 Å². The molecule has 2 aromatic rings. The van der Waals surface area contributed by atoms with Crippen LogP contribution in [0.3, 0.4) is 0 Å². The zero-order valence-electron chi connectivity index (χ0n) is 15.6. The van der Waals surface area contributed by atoms with Crippen molar-refractivity contribution in [3.63, 3.8) is 0 Å². The van der Waals surface area contributed by atoms with Crippen molar-refractivity contribution in [1.29, 1.82) is 0 Å². The van der Waals surface area contributed by atoms with Crippen molar-refractivity contribution in [3.05, 3.63) is 46.5 Å². The lowest BCUT2D eigenvalue weighted by Crippen LogP contribution is -2.40. The number of furan rings is 1. The predicted molar refractivity (Wildman–Crippen MR) is 120 cm³/mol. The number of rotatable bonds is 11. The molecular weight excluding hydrogens is 461 g/mol. The van der Waals surface area contributed by atoms with E-state index in [0.717, 1.165) is 44.3 Å². The fraction of sp³-hybridized carbons (Fsp3) is 0.526. The summed E-state index contributed by atoms with van der Waals surface area (Å²) >= 11 is 1.72. The van der Waals surface area contributed by atoms with Crippen LogP contribution in [0.1, 0.15) is 30.9 Å². The zero-order valence-corrected chi connectivity index (χ0v) is 18.7. The van der Waals surface area contributed by atoms with Crippen molar-refractivity contribution in [2.45, 2.75) is 33.2 Å². The highest BCUT2D eigenvalue weighted by atomic mass is 127. The van der Waals surface area contributed by atoms with Gasteiger partial charge in [0.2, 0.25) is 0 Å². The van der Waals surface area contributed by atoms with E-state index in [1.807, 2.05) is 12.1 Å². The third kappa shape index (κ3) is 10.2. The van der Waals surface area contributed by atoms with Gasteiger partial charge in [-0.1, -0.05) is 19.9 Å². The number of halogens is 1. The van der Waals surface area contributed by atoms with Crippen molar-refractivity contribution >= 4 is 41.3 Å². The molecule has 0 radical (unpaired) electrons. The molecular formula is C19H30IN3O2S. The molecule has 5 nitrogen and oxygen atoms in total. The van der Waals surface area contributed by atoms with E-state index in [1.165, 1.54) is 4.88 Å². The first-order valence-corrected chi connectivity index (χ1v) is 9.76. The van der Waals surface area contributed by atoms with E-state index in [9.17, 15) is 0 Å². The van der Waals surface area contributed by atoms with Crippen LogP contribution in [-0.2, 0) is 17.7 Å². The second-order valence-electron chi connectivity index (χ2n) is 6.22. The van der Waals surface area contributed by atoms with Crippen molar-refractivity contribution in [2.75, 3.05) is 26.3 Å². The van der Waals surface area contributed by atoms with Crippen LogP contribution in [0.15, 0.2) is 45.3 Å². The number of aliphatic imine (C=N–C) groups is 1. The molecule has 0 atom stereocenters. The predicted octanol–water partition coefficient (Wildman–Crippen LogP) is 4.30. The van der Waals surface area contributed by atoms with Gasteiger partial charge < -0.3 is 19.8 Å². The van der Waals surface area contributed by atoms with Crippen molar-refractivity contribution in [3.8, 4) is 0 Å². The molecule has 2 N–H and O–H groups in total. The van der Waals surface area contributed by atoms with Gasteiger partial charge in [-0.3, -0.25) is 0 Å². The van der Waals surface area contributed by atoms with Crippen LogP contribution >= 0.6 is 35.3 Å². The number of hydrogen-bond acceptors (Lipinski definition) is 4. The second-order valence-corrected chi connectivity index (χ2v) is 7.25. The average molecular weight is 491 g/mol. The molecule has 7 heteroatoms. The maximum atomic E-state index is 5.65. The standard InChI is InChI=1S/C19H29N3O2S.HI/c1-16(2)8-12-23-13-10-21-19(22-15-18-6-4-14-25-18)20-9-7-17-5-3-11-24-17;/h3-6,11,14,16H,7-10,12-13,15H2,1-2H3,(H2,20,21,22);1H. The van der Waals surface area contributed by atoms with Gasteiger partial charge in [0.1, 0.15) is 5.76 Å². The Morgan fingerprint density at radius 1 is 1.19 bits per heavy atom. The van der Waals surface area contributed by atoms with E-state index in [2.05, 4.69) is 47.0 Å². The summed E-state index contributed by atoms with van der Waals surface area (Å²) in [4.78, 5) is 5.90. The summed E-state index contributed by atoms with van der Waals surface area (Å²) < 4.78 is 11.0. The van der Waals surface area contributed by atoms with Crippen molar-refractivity contribution < 1.29 is 9.15 Å². The molecule has 0 saturated carbocycles. The molecule has 146 valence electrons. The average Bonchev–Trinajstić information content (AvgIpc) is 3.28. The number of hydrogen-bond donors (Lipinski definition) is 2. The molecule has 2 rings (SSSR count). The summed E-state index contributed by atoms with van der Waals surface area (Å²) in [7, 11) is 0. The molecule has 0 aliphatic rings. The molecule has 0 amide bonds. The van der Waals surface area contributed by atoms with Gasteiger partial charge in [-0.2, -0.15) is 0 Å². The minimum atomic E-state index is 0. The summed E-state index contributed by atoms with van der Waals surface area (Å²) in [5, 5.41) is 8.77. The van der Waals surface area contributed by atoms with Crippen LogP contribution in [-0.4, -0.2) is 32.3 Å². The maximum Gasteiger partial charge on any atom is 0.191 e. The van der Waals surface area contributed by atoms with Crippen LogP contribution in [0.5, 0.6) is 0 Å². The Bertz CT molecular complexity index is 586. The quantitative estimate of drug-likeness (QED) is 0.213. The summed E-state index contributed by atoms with van der Waals surface area (Å²) in [6.45, 7) is 8.12. The molecule has 0 aliphatic heterocycles. The van der Waals surface area contributed by atoms with Crippen molar-refractivity contribution in [1.82, 2.24) is 10.6 Å². The smallest absolute Gasteiger partial charge is 0.191 e. The SMILES string of the molecule is CC(C)CCOCCNC(=NCc1cccs1)NCCc1ccco1.I. The molecule has 2 heterocycles. The molecule has 0 bridgehead atoms. The number of thiophene rings is 1. The zero-order chi connectivity index (χ0) is 17.7. The van der Waals surface area contributed by atoms with E-state index >= 15 is 0 Å². The van der Waals surface area contributed by atoms with Gasteiger partial charge >= 0.3 is 0 Å². The summed E-state index contributed by atoms with van der Waals surface area (Å²) in [6.07, 6.45) is 3.63. The molecule has 26 heavy (non-hydrogen) atoms. The number of guanidine groups is 1. The Labute approximate surface area is 177 Å². The summed E-state index contributed by atoms with van der Waals surface area (Å²) in [6, 6.07) is 8.05. The van der Waals surface area contributed by atoms with E-state index in [-0.39, 0.29) is 24.0 Å². The van der Waals surface area contributed by atoms with Crippen LogP contribution in [0, 0.1) is 5.92 Å². The Hall–Kier alpha value is -1.06. The Kier molecular flexibility index (Phi) is 12.4. The monoisotopic (exact) mass is 491 g/mol. The first-order chi connectivity index (χ1) is 12.2. The second kappa shape index (κ2) is 14.1. The minimum absolute atomic E-state index is 0. The van der Waals surface area contributed by atoms with Gasteiger partial charge in [-0.05, 0) is 35.9 Å². The van der Waals surface area contributed by atoms with Gasteiger partial charge in [-0.25, -0.2) is 4.99 Å². The minimum Gasteiger partial charge on any atom is -0.469 e. The largest absolute Gasteiger partial charge is 0.469 e. The summed E-state index contributed by atoms with van der Waals surface area (Å²) in [5.74, 6) is 2.47. The van der Waals surface area contributed by atoms with E-state index < -0.39 is 0 Å².